The average molecular weight is 255 g/mol. The number of ether oxygens (including phenoxy) is 1. The summed E-state index contributed by atoms with van der Waals surface area (Å²) in [5.74, 6) is -0.413. The van der Waals surface area contributed by atoms with Crippen molar-refractivity contribution in [3.63, 3.8) is 0 Å². The van der Waals surface area contributed by atoms with E-state index in [9.17, 15) is 9.18 Å². The average Bonchev–Trinajstić information content (AvgIpc) is 2.20. The number of carbonyl (C=O) groups is 1. The minimum Gasteiger partial charge on any atom is -0.443 e. The van der Waals surface area contributed by atoms with Gasteiger partial charge in [0, 0.05) is 18.8 Å². The number of carbonyl (C=O) groups excluding carboxylic acids is 1. The van der Waals surface area contributed by atoms with Crippen LogP contribution in [0, 0.1) is 5.82 Å². The summed E-state index contributed by atoms with van der Waals surface area (Å²) < 4.78 is 19.5. The predicted octanol–water partition coefficient (Wildman–Crippen LogP) is 2.03. The maximum atomic E-state index is 13.1. The molecule has 0 aliphatic carbocycles. The van der Waals surface area contributed by atoms with Crippen molar-refractivity contribution in [2.75, 3.05) is 12.0 Å². The summed E-state index contributed by atoms with van der Waals surface area (Å²) in [6.45, 7) is 7.60. The molecule has 0 atom stereocenters. The van der Waals surface area contributed by atoms with Crippen LogP contribution >= 0.6 is 0 Å². The molecule has 18 heavy (non-hydrogen) atoms. The summed E-state index contributed by atoms with van der Waals surface area (Å²) >= 11 is 0. The van der Waals surface area contributed by atoms with E-state index in [4.69, 9.17) is 4.74 Å². The molecule has 0 aliphatic rings. The molecule has 0 radical (unpaired) electrons. The maximum Gasteiger partial charge on any atom is 0.427 e. The van der Waals surface area contributed by atoms with Crippen molar-refractivity contribution in [1.82, 2.24) is 4.68 Å². The highest BCUT2D eigenvalue weighted by Gasteiger charge is 2.16. The highest BCUT2D eigenvalue weighted by atomic mass is 19.1. The van der Waals surface area contributed by atoms with Gasteiger partial charge < -0.3 is 4.74 Å². The zero-order chi connectivity index (χ0) is 13.8. The smallest absolute Gasteiger partial charge is 0.427 e. The highest BCUT2D eigenvalue weighted by molar-refractivity contribution is 5.76. The Kier molecular flexibility index (Phi) is 4.47. The molecule has 0 aromatic carbocycles. The Morgan fingerprint density at radius 2 is 2.22 bits per heavy atom. The van der Waals surface area contributed by atoms with Gasteiger partial charge in [-0.2, -0.15) is 0 Å². The summed E-state index contributed by atoms with van der Waals surface area (Å²) in [4.78, 5) is 15.6. The molecule has 0 saturated carbocycles. The molecule has 1 aromatic heterocycles. The Balaban J connectivity index is 2.91. The van der Waals surface area contributed by atoms with Crippen molar-refractivity contribution >= 4 is 6.09 Å². The quantitative estimate of drug-likeness (QED) is 0.879. The number of aromatic nitrogens is 1. The summed E-state index contributed by atoms with van der Waals surface area (Å²) in [5.41, 5.74) is 2.21. The van der Waals surface area contributed by atoms with Gasteiger partial charge in [0.05, 0.1) is 0 Å². The van der Waals surface area contributed by atoms with E-state index >= 15 is 0 Å². The van der Waals surface area contributed by atoms with Crippen LogP contribution in [0.2, 0.25) is 0 Å². The van der Waals surface area contributed by atoms with Gasteiger partial charge in [-0.05, 0) is 33.8 Å². The first-order valence-corrected chi connectivity index (χ1v) is 5.70. The van der Waals surface area contributed by atoms with Gasteiger partial charge in [-0.1, -0.05) is 0 Å². The number of amides is 1. The Bertz CT molecular complexity index is 489. The molecule has 0 spiro atoms. The molecule has 1 amide bonds. The number of rotatable bonds is 2. The van der Waals surface area contributed by atoms with Crippen molar-refractivity contribution in [3.05, 3.63) is 29.6 Å². The third-order valence-electron chi connectivity index (χ3n) is 1.83. The van der Waals surface area contributed by atoms with Gasteiger partial charge in [0.1, 0.15) is 16.9 Å². The lowest BCUT2D eigenvalue weighted by molar-refractivity contribution is 0.0611. The Morgan fingerprint density at radius 3 is 2.78 bits per heavy atom. The summed E-state index contributed by atoms with van der Waals surface area (Å²) in [6, 6.07) is 2.47. The SMILES string of the molecule is CC/N=c1/cc(F)ccn1NC(=O)OC(C)(C)C. The normalized spacial score (nSPS) is 12.4. The maximum absolute atomic E-state index is 13.1. The van der Waals surface area contributed by atoms with E-state index in [0.29, 0.717) is 12.0 Å². The lowest BCUT2D eigenvalue weighted by atomic mass is 10.2. The van der Waals surface area contributed by atoms with Gasteiger partial charge >= 0.3 is 6.09 Å². The number of nitrogens with zero attached hydrogens (tertiary/aromatic N) is 2. The predicted molar refractivity (Wildman–Crippen MR) is 66.1 cm³/mol. The first-order chi connectivity index (χ1) is 8.31. The van der Waals surface area contributed by atoms with E-state index < -0.39 is 17.5 Å². The molecular weight excluding hydrogens is 237 g/mol. The summed E-state index contributed by atoms with van der Waals surface area (Å²) in [6.07, 6.45) is 0.764. The van der Waals surface area contributed by atoms with Crippen LogP contribution in [0.25, 0.3) is 0 Å². The van der Waals surface area contributed by atoms with Crippen LogP contribution in [-0.2, 0) is 4.74 Å². The zero-order valence-corrected chi connectivity index (χ0v) is 11.0. The molecule has 1 heterocycles. The van der Waals surface area contributed by atoms with Crippen molar-refractivity contribution in [3.8, 4) is 0 Å². The number of nitrogens with one attached hydrogen (secondary N) is 1. The molecule has 0 saturated heterocycles. The molecule has 1 N–H and O–H groups in total. The van der Waals surface area contributed by atoms with Gasteiger partial charge in [-0.3, -0.25) is 4.99 Å². The molecule has 6 heteroatoms. The number of halogens is 1. The third kappa shape index (κ3) is 4.57. The molecule has 0 fully saturated rings. The third-order valence-corrected chi connectivity index (χ3v) is 1.83. The number of pyridine rings is 1. The van der Waals surface area contributed by atoms with Crippen LogP contribution in [0.15, 0.2) is 23.3 Å². The molecule has 100 valence electrons. The zero-order valence-electron chi connectivity index (χ0n) is 11.0. The monoisotopic (exact) mass is 255 g/mol. The van der Waals surface area contributed by atoms with E-state index in [2.05, 4.69) is 10.4 Å². The van der Waals surface area contributed by atoms with Crippen LogP contribution in [-0.4, -0.2) is 22.9 Å². The van der Waals surface area contributed by atoms with Crippen molar-refractivity contribution in [2.24, 2.45) is 4.99 Å². The molecule has 5 nitrogen and oxygen atoms in total. The molecule has 1 aromatic rings. The van der Waals surface area contributed by atoms with Crippen molar-refractivity contribution in [1.29, 1.82) is 0 Å². The van der Waals surface area contributed by atoms with Gasteiger partial charge in [0.25, 0.3) is 0 Å². The highest BCUT2D eigenvalue weighted by Crippen LogP contribution is 2.06. The largest absolute Gasteiger partial charge is 0.443 e. The van der Waals surface area contributed by atoms with Crippen LogP contribution in [0.3, 0.4) is 0 Å². The van der Waals surface area contributed by atoms with E-state index in [1.54, 1.807) is 20.8 Å². The lowest BCUT2D eigenvalue weighted by Gasteiger charge is -2.20. The number of hydrogen-bond acceptors (Lipinski definition) is 3. The Hall–Kier alpha value is -1.85. The molecule has 1 rings (SSSR count). The van der Waals surface area contributed by atoms with E-state index in [1.807, 2.05) is 6.92 Å². The van der Waals surface area contributed by atoms with Crippen LogP contribution in [0.4, 0.5) is 9.18 Å². The molecular formula is C12H18FN3O2. The first kappa shape index (κ1) is 14.2. The minimum atomic E-state index is -0.619. The number of hydrogen-bond donors (Lipinski definition) is 1. The van der Waals surface area contributed by atoms with E-state index in [1.165, 1.54) is 23.0 Å². The minimum absolute atomic E-state index is 0.323. The lowest BCUT2D eigenvalue weighted by Crippen LogP contribution is -2.37. The Labute approximate surface area is 105 Å². The van der Waals surface area contributed by atoms with Gasteiger partial charge in [-0.25, -0.2) is 19.3 Å². The topological polar surface area (TPSA) is 55.6 Å². The van der Waals surface area contributed by atoms with Crippen LogP contribution < -0.4 is 10.9 Å². The van der Waals surface area contributed by atoms with E-state index in [-0.39, 0.29) is 0 Å². The van der Waals surface area contributed by atoms with E-state index in [0.717, 1.165) is 0 Å². The van der Waals surface area contributed by atoms with Gasteiger partial charge in [0.15, 0.2) is 0 Å². The van der Waals surface area contributed by atoms with Crippen molar-refractivity contribution < 1.29 is 13.9 Å². The second-order valence-electron chi connectivity index (χ2n) is 4.66. The fourth-order valence-corrected chi connectivity index (χ4v) is 1.24. The second kappa shape index (κ2) is 5.66. The fraction of sp³-hybridized carbons (Fsp3) is 0.500. The fourth-order valence-electron chi connectivity index (χ4n) is 1.24. The second-order valence-corrected chi connectivity index (χ2v) is 4.66. The molecule has 0 unspecified atom stereocenters. The summed E-state index contributed by atoms with van der Waals surface area (Å²) in [5, 5.41) is 0. The Morgan fingerprint density at radius 1 is 1.56 bits per heavy atom. The van der Waals surface area contributed by atoms with Crippen molar-refractivity contribution in [2.45, 2.75) is 33.3 Å². The first-order valence-electron chi connectivity index (χ1n) is 5.70. The standard InChI is InChI=1S/C12H18FN3O2/c1-5-14-10-8-9(13)6-7-16(10)15-11(17)18-12(2,3)4/h6-8H,5H2,1-4H3,(H,15,17)/b14-10-. The van der Waals surface area contributed by atoms with Gasteiger partial charge in [-0.15, -0.1) is 0 Å². The van der Waals surface area contributed by atoms with Gasteiger partial charge in [0.2, 0.25) is 0 Å². The van der Waals surface area contributed by atoms with Crippen LogP contribution in [0.1, 0.15) is 27.7 Å². The summed E-state index contributed by atoms with van der Waals surface area (Å²) in [7, 11) is 0. The van der Waals surface area contributed by atoms with Crippen LogP contribution in [0.5, 0.6) is 0 Å². The molecule has 0 bridgehead atoms. The molecule has 0 aliphatic heterocycles.